The average molecular weight is 829 g/mol. The molecule has 4 N–H and O–H groups in total. The number of hydrogen-bond acceptors (Lipinski definition) is 9. The molecule has 11 nitrogen and oxygen atoms in total. The molecule has 0 radical (unpaired) electrons. The zero-order valence-electron chi connectivity index (χ0n) is 34.2. The van der Waals surface area contributed by atoms with Crippen LogP contribution >= 0.6 is 11.8 Å². The molecule has 8 rings (SSSR count). The van der Waals surface area contributed by atoms with Gasteiger partial charge in [-0.2, -0.15) is 0 Å². The Labute approximate surface area is 357 Å². The Morgan fingerprint density at radius 3 is 2.43 bits per heavy atom. The van der Waals surface area contributed by atoms with Crippen molar-refractivity contribution in [3.8, 4) is 11.1 Å². The van der Waals surface area contributed by atoms with Crippen LogP contribution in [0.15, 0.2) is 90.1 Å². The molecule has 1 aromatic heterocycles. The number of unbranched alkanes of at least 4 members (excludes halogenated alkanes) is 7. The summed E-state index contributed by atoms with van der Waals surface area (Å²) in [5, 5.41) is 19.4. The van der Waals surface area contributed by atoms with Crippen LogP contribution in [0.5, 0.6) is 0 Å². The van der Waals surface area contributed by atoms with E-state index < -0.39 is 6.04 Å². The Kier molecular flexibility index (Phi) is 13.6. The van der Waals surface area contributed by atoms with Crippen LogP contribution < -0.4 is 16.0 Å². The van der Waals surface area contributed by atoms with Gasteiger partial charge in [0.15, 0.2) is 0 Å². The van der Waals surface area contributed by atoms with Crippen LogP contribution in [0, 0.1) is 5.92 Å². The van der Waals surface area contributed by atoms with Crippen molar-refractivity contribution in [2.75, 3.05) is 29.5 Å². The summed E-state index contributed by atoms with van der Waals surface area (Å²) in [6, 6.07) is 24.3. The lowest BCUT2D eigenvalue weighted by molar-refractivity contribution is -0.137. The van der Waals surface area contributed by atoms with E-state index in [1.807, 2.05) is 36.7 Å². The zero-order chi connectivity index (χ0) is 41.4. The molecule has 2 saturated heterocycles. The number of aromatic nitrogens is 1. The highest BCUT2D eigenvalue weighted by atomic mass is 32.2. The molecule has 2 fully saturated rings. The number of carbonyl (C=O) groups is 4. The van der Waals surface area contributed by atoms with E-state index in [0.29, 0.717) is 30.9 Å². The monoisotopic (exact) mass is 828 g/mol. The normalized spacial score (nSPS) is 20.9. The molecule has 60 heavy (non-hydrogen) atoms. The van der Waals surface area contributed by atoms with Crippen LogP contribution in [0.4, 0.5) is 11.4 Å². The Morgan fingerprint density at radius 1 is 0.867 bits per heavy atom. The van der Waals surface area contributed by atoms with Crippen LogP contribution in [0.3, 0.4) is 0 Å². The number of benzene rings is 3. The summed E-state index contributed by atoms with van der Waals surface area (Å²) in [7, 11) is 0. The highest BCUT2D eigenvalue weighted by Crippen LogP contribution is 2.48. The summed E-state index contributed by atoms with van der Waals surface area (Å²) in [5.41, 5.74) is 8.22. The first-order valence-corrected chi connectivity index (χ1v) is 22.8. The first-order valence-electron chi connectivity index (χ1n) is 21.8. The summed E-state index contributed by atoms with van der Waals surface area (Å²) in [4.78, 5) is 59.5. The van der Waals surface area contributed by atoms with E-state index in [1.165, 1.54) is 30.4 Å². The molecule has 0 spiro atoms. The number of pyridine rings is 1. The maximum absolute atomic E-state index is 13.1. The number of imide groups is 1. The van der Waals surface area contributed by atoms with Gasteiger partial charge < -0.3 is 20.6 Å². The van der Waals surface area contributed by atoms with E-state index in [0.717, 1.165) is 90.3 Å². The minimum absolute atomic E-state index is 0.0263. The lowest BCUT2D eigenvalue weighted by Crippen LogP contribution is -2.52. The zero-order valence-corrected chi connectivity index (χ0v) is 35.1. The van der Waals surface area contributed by atoms with Gasteiger partial charge in [0, 0.05) is 72.1 Å². The van der Waals surface area contributed by atoms with Gasteiger partial charge in [-0.3, -0.25) is 34.4 Å². The fraction of sp³-hybridized carbons (Fsp3) is 0.438. The number of carbonyl (C=O) groups excluding carboxylic acids is 4. The van der Waals surface area contributed by atoms with Gasteiger partial charge in [0.25, 0.3) is 5.91 Å². The molecule has 4 aliphatic heterocycles. The van der Waals surface area contributed by atoms with E-state index >= 15 is 0 Å². The van der Waals surface area contributed by atoms with E-state index in [4.69, 9.17) is 0 Å². The standard InChI is InChI=1S/C48H56N6O5S/c55-31-41-37-22-25-53(29-32-20-23-49-24-21-32)46(37)38-28-34(16-17-40(38)51-41)33-11-9-12-35(27-33)50-44(56)15-7-5-3-1-2-4-6-8-26-60-43-14-10-13-36-39(43)30-54(48(36)59)42-18-19-45(57)52-47(42)58/h9-14,16-17,20-21,23-24,27-28,37,41-42,46,51,55H,1-8,15,18-19,22,25-26,29-31H2,(H,50,56)(H,52,57,58)/t37-,41-,42?,46-/m1/s1. The third kappa shape index (κ3) is 9.61. The highest BCUT2D eigenvalue weighted by Gasteiger charge is 2.44. The molecule has 4 aliphatic rings. The number of nitrogens with one attached hydrogen (secondary N) is 3. The number of piperidine rings is 1. The summed E-state index contributed by atoms with van der Waals surface area (Å²) >= 11 is 1.78. The lowest BCUT2D eigenvalue weighted by atomic mass is 9.82. The molecule has 314 valence electrons. The second kappa shape index (κ2) is 19.6. The number of thioether (sulfide) groups is 1. The van der Waals surface area contributed by atoms with Gasteiger partial charge in [-0.05, 0) is 114 Å². The Bertz CT molecular complexity index is 2180. The molecule has 4 aromatic rings. The van der Waals surface area contributed by atoms with Crippen molar-refractivity contribution in [1.29, 1.82) is 0 Å². The van der Waals surface area contributed by atoms with Crippen LogP contribution in [-0.2, 0) is 27.5 Å². The van der Waals surface area contributed by atoms with E-state index in [1.54, 1.807) is 16.7 Å². The predicted octanol–water partition coefficient (Wildman–Crippen LogP) is 8.10. The molecule has 12 heteroatoms. The number of aliphatic hydroxyl groups is 1. The third-order valence-corrected chi connectivity index (χ3v) is 13.9. The molecule has 3 aromatic carbocycles. The van der Waals surface area contributed by atoms with Crippen LogP contribution in [0.1, 0.15) is 110 Å². The second-order valence-electron chi connectivity index (χ2n) is 16.7. The quantitative estimate of drug-likeness (QED) is 0.0445. The fourth-order valence-electron chi connectivity index (χ4n) is 9.56. The van der Waals surface area contributed by atoms with Crippen LogP contribution in [0.25, 0.3) is 11.1 Å². The molecular formula is C48H56N6O5S. The summed E-state index contributed by atoms with van der Waals surface area (Å²) in [5.74, 6) is 0.567. The van der Waals surface area contributed by atoms with Crippen molar-refractivity contribution in [1.82, 2.24) is 20.1 Å². The van der Waals surface area contributed by atoms with Crippen molar-refractivity contribution in [3.05, 3.63) is 107 Å². The number of nitrogens with zero attached hydrogens (tertiary/aromatic N) is 3. The number of hydrogen-bond donors (Lipinski definition) is 4. The maximum atomic E-state index is 13.1. The maximum Gasteiger partial charge on any atom is 0.255 e. The fourth-order valence-corrected chi connectivity index (χ4v) is 10.7. The first kappa shape index (κ1) is 41.7. The molecule has 4 amide bonds. The SMILES string of the molecule is O=C1CCC(N2Cc3c(SCCCCCCCCCCC(=O)Nc4cccc(-c5ccc6c(c5)[C@H]5[C@H](CCN5Cc5ccncc5)[C@@H](CO)N6)c4)cccc3C2=O)C(=O)N1. The van der Waals surface area contributed by atoms with Gasteiger partial charge in [-0.1, -0.05) is 62.8 Å². The van der Waals surface area contributed by atoms with E-state index in [2.05, 4.69) is 74.4 Å². The second-order valence-corrected chi connectivity index (χ2v) is 17.8. The predicted molar refractivity (Wildman–Crippen MR) is 235 cm³/mol. The summed E-state index contributed by atoms with van der Waals surface area (Å²) < 4.78 is 0. The summed E-state index contributed by atoms with van der Waals surface area (Å²) in [6.07, 6.45) is 14.7. The molecule has 5 heterocycles. The van der Waals surface area contributed by atoms with Gasteiger partial charge in [-0.25, -0.2) is 0 Å². The molecular weight excluding hydrogens is 773 g/mol. The molecule has 0 aliphatic carbocycles. The van der Waals surface area contributed by atoms with Gasteiger partial charge in [-0.15, -0.1) is 11.8 Å². The van der Waals surface area contributed by atoms with Crippen LogP contribution in [0.2, 0.25) is 0 Å². The van der Waals surface area contributed by atoms with Crippen molar-refractivity contribution in [2.24, 2.45) is 5.92 Å². The Morgan fingerprint density at radius 2 is 1.63 bits per heavy atom. The molecule has 1 unspecified atom stereocenters. The van der Waals surface area contributed by atoms with Crippen molar-refractivity contribution >= 4 is 46.8 Å². The van der Waals surface area contributed by atoms with Crippen molar-refractivity contribution in [3.63, 3.8) is 0 Å². The topological polar surface area (TPSA) is 144 Å². The first-order chi connectivity index (χ1) is 29.4. The van der Waals surface area contributed by atoms with Gasteiger partial charge in [0.1, 0.15) is 6.04 Å². The van der Waals surface area contributed by atoms with Crippen LogP contribution in [-0.4, -0.2) is 74.5 Å². The minimum Gasteiger partial charge on any atom is -0.394 e. The Hall–Kier alpha value is -5.04. The van der Waals surface area contributed by atoms with Gasteiger partial charge in [0.2, 0.25) is 17.7 Å². The number of aliphatic hydroxyl groups excluding tert-OH is 1. The van der Waals surface area contributed by atoms with Gasteiger partial charge >= 0.3 is 0 Å². The molecule has 0 saturated carbocycles. The number of rotatable bonds is 18. The Balaban J connectivity index is 0.734. The largest absolute Gasteiger partial charge is 0.394 e. The van der Waals surface area contributed by atoms with E-state index in [-0.39, 0.29) is 48.7 Å². The van der Waals surface area contributed by atoms with E-state index in [9.17, 15) is 24.3 Å². The van der Waals surface area contributed by atoms with Crippen molar-refractivity contribution in [2.45, 2.75) is 113 Å². The average Bonchev–Trinajstić information content (AvgIpc) is 3.84. The summed E-state index contributed by atoms with van der Waals surface area (Å²) in [6.45, 7) is 2.34. The molecule has 0 bridgehead atoms. The highest BCUT2D eigenvalue weighted by molar-refractivity contribution is 7.99. The molecule has 4 atom stereocenters. The third-order valence-electron chi connectivity index (χ3n) is 12.7. The van der Waals surface area contributed by atoms with Gasteiger partial charge in [0.05, 0.1) is 12.6 Å². The number of anilines is 2. The van der Waals surface area contributed by atoms with Crippen molar-refractivity contribution < 1.29 is 24.3 Å². The smallest absolute Gasteiger partial charge is 0.255 e. The number of likely N-dealkylation sites (tertiary alicyclic amines) is 1. The lowest BCUT2D eigenvalue weighted by Gasteiger charge is -2.39. The number of amides is 4. The minimum atomic E-state index is -0.591. The number of fused-ring (bicyclic) bond motifs is 4.